The van der Waals surface area contributed by atoms with Crippen molar-refractivity contribution in [3.05, 3.63) is 70.6 Å². The summed E-state index contributed by atoms with van der Waals surface area (Å²) in [6.07, 6.45) is 3.04. The number of halogens is 2. The largest absolute Gasteiger partial charge is 0.436 e. The first-order chi connectivity index (χ1) is 10.2. The Morgan fingerprint density at radius 2 is 1.81 bits per heavy atom. The van der Waals surface area contributed by atoms with E-state index in [1.807, 2.05) is 48.5 Å². The first-order valence-corrected chi connectivity index (χ1v) is 7.39. The highest BCUT2D eigenvalue weighted by Crippen LogP contribution is 2.34. The first kappa shape index (κ1) is 14.0. The lowest BCUT2D eigenvalue weighted by atomic mass is 10.1. The van der Waals surface area contributed by atoms with Crippen molar-refractivity contribution in [2.45, 2.75) is 0 Å². The summed E-state index contributed by atoms with van der Waals surface area (Å²) < 4.78 is 6.38. The minimum Gasteiger partial charge on any atom is -0.436 e. The average molecular weight is 362 g/mol. The van der Waals surface area contributed by atoms with Crippen LogP contribution in [0.15, 0.2) is 65.5 Å². The molecule has 0 fully saturated rings. The Kier molecular flexibility index (Phi) is 4.18. The van der Waals surface area contributed by atoms with Crippen LogP contribution in [-0.2, 0) is 0 Å². The number of benzene rings is 2. The van der Waals surface area contributed by atoms with Gasteiger partial charge in [-0.2, -0.15) is 0 Å². The summed E-state index contributed by atoms with van der Waals surface area (Å²) in [7, 11) is 0. The summed E-state index contributed by atoms with van der Waals surface area (Å²) in [5, 5.41) is 0.530. The molecule has 104 valence electrons. The lowest BCUT2D eigenvalue weighted by Gasteiger charge is -2.09. The Hall–Kier alpha value is -1.91. The number of rotatable bonds is 3. The van der Waals surface area contributed by atoms with Crippen LogP contribution in [0, 0.1) is 0 Å². The van der Waals surface area contributed by atoms with E-state index < -0.39 is 0 Å². The summed E-state index contributed by atoms with van der Waals surface area (Å²) in [5.41, 5.74) is 2.14. The van der Waals surface area contributed by atoms with Gasteiger partial charge in [-0.15, -0.1) is 0 Å². The van der Waals surface area contributed by atoms with Gasteiger partial charge in [-0.3, -0.25) is 0 Å². The molecule has 0 aliphatic rings. The molecule has 0 spiro atoms. The minimum absolute atomic E-state index is 0.430. The van der Waals surface area contributed by atoms with Gasteiger partial charge in [-0.25, -0.2) is 9.97 Å². The van der Waals surface area contributed by atoms with Crippen molar-refractivity contribution in [1.82, 2.24) is 9.97 Å². The van der Waals surface area contributed by atoms with Crippen LogP contribution in [0.3, 0.4) is 0 Å². The second-order valence-corrected chi connectivity index (χ2v) is 5.55. The molecule has 0 saturated carbocycles. The molecule has 0 atom stereocenters. The van der Waals surface area contributed by atoms with Crippen LogP contribution in [-0.4, -0.2) is 9.97 Å². The number of aromatic nitrogens is 2. The topological polar surface area (TPSA) is 35.0 Å². The highest BCUT2D eigenvalue weighted by molar-refractivity contribution is 9.10. The van der Waals surface area contributed by atoms with Gasteiger partial charge in [0.25, 0.3) is 0 Å². The quantitative estimate of drug-likeness (QED) is 0.630. The standard InChI is InChI=1S/C16H10BrClN2O/c17-13-9-19-10-20-16(13)21-15-7-6-12(8-14(15)18)11-4-2-1-3-5-11/h1-10H. The summed E-state index contributed by atoms with van der Waals surface area (Å²) in [6.45, 7) is 0. The Balaban J connectivity index is 1.90. The van der Waals surface area contributed by atoms with Crippen LogP contribution in [0.1, 0.15) is 0 Å². The van der Waals surface area contributed by atoms with Crippen molar-refractivity contribution < 1.29 is 4.74 Å². The normalized spacial score (nSPS) is 10.4. The zero-order valence-electron chi connectivity index (χ0n) is 10.8. The molecule has 0 saturated heterocycles. The van der Waals surface area contributed by atoms with Crippen LogP contribution >= 0.6 is 27.5 Å². The SMILES string of the molecule is Clc1cc(-c2ccccc2)ccc1Oc1ncncc1Br. The fraction of sp³-hybridized carbons (Fsp3) is 0. The maximum absolute atomic E-state index is 6.30. The fourth-order valence-electron chi connectivity index (χ4n) is 1.87. The highest BCUT2D eigenvalue weighted by Gasteiger charge is 2.09. The maximum atomic E-state index is 6.30. The van der Waals surface area contributed by atoms with E-state index in [1.54, 1.807) is 6.20 Å². The number of ether oxygens (including phenoxy) is 1. The summed E-state index contributed by atoms with van der Waals surface area (Å²) in [4.78, 5) is 7.95. The van der Waals surface area contributed by atoms with Gasteiger partial charge in [0.05, 0.1) is 9.50 Å². The van der Waals surface area contributed by atoms with E-state index in [-0.39, 0.29) is 0 Å². The average Bonchev–Trinajstić information content (AvgIpc) is 2.52. The fourth-order valence-corrected chi connectivity index (χ4v) is 2.40. The molecule has 1 aromatic heterocycles. The smallest absolute Gasteiger partial charge is 0.236 e. The molecule has 0 unspecified atom stereocenters. The van der Waals surface area contributed by atoms with Crippen molar-refractivity contribution in [1.29, 1.82) is 0 Å². The van der Waals surface area contributed by atoms with Crippen LogP contribution < -0.4 is 4.74 Å². The van der Waals surface area contributed by atoms with Crippen LogP contribution in [0.25, 0.3) is 11.1 Å². The van der Waals surface area contributed by atoms with Crippen molar-refractivity contribution >= 4 is 27.5 Å². The Morgan fingerprint density at radius 1 is 1.00 bits per heavy atom. The van der Waals surface area contributed by atoms with Gasteiger partial charge in [0, 0.05) is 6.20 Å². The third kappa shape index (κ3) is 3.23. The van der Waals surface area contributed by atoms with E-state index in [4.69, 9.17) is 16.3 Å². The molecule has 0 N–H and O–H groups in total. The van der Waals surface area contributed by atoms with Gasteiger partial charge in [-0.05, 0) is 39.2 Å². The van der Waals surface area contributed by atoms with E-state index >= 15 is 0 Å². The van der Waals surface area contributed by atoms with Crippen LogP contribution in [0.5, 0.6) is 11.6 Å². The molecular weight excluding hydrogens is 352 g/mol. The molecule has 0 aliphatic heterocycles. The predicted molar refractivity (Wildman–Crippen MR) is 86.7 cm³/mol. The zero-order valence-corrected chi connectivity index (χ0v) is 13.2. The summed E-state index contributed by atoms with van der Waals surface area (Å²) >= 11 is 9.63. The molecule has 5 heteroatoms. The molecule has 1 heterocycles. The molecule has 3 rings (SSSR count). The zero-order chi connectivity index (χ0) is 14.7. The van der Waals surface area contributed by atoms with E-state index in [1.165, 1.54) is 6.33 Å². The van der Waals surface area contributed by atoms with E-state index in [2.05, 4.69) is 25.9 Å². The lowest BCUT2D eigenvalue weighted by molar-refractivity contribution is 0.458. The molecule has 3 aromatic rings. The van der Waals surface area contributed by atoms with Gasteiger partial charge in [-0.1, -0.05) is 48.0 Å². The first-order valence-electron chi connectivity index (χ1n) is 6.22. The van der Waals surface area contributed by atoms with Crippen molar-refractivity contribution in [3.8, 4) is 22.8 Å². The third-order valence-electron chi connectivity index (χ3n) is 2.88. The second-order valence-electron chi connectivity index (χ2n) is 4.29. The molecule has 0 bridgehead atoms. The summed E-state index contributed by atoms with van der Waals surface area (Å²) in [6, 6.07) is 15.7. The van der Waals surface area contributed by atoms with Crippen LogP contribution in [0.2, 0.25) is 5.02 Å². The lowest BCUT2D eigenvalue weighted by Crippen LogP contribution is -1.91. The monoisotopic (exact) mass is 360 g/mol. The van der Waals surface area contributed by atoms with Crippen molar-refractivity contribution in [2.24, 2.45) is 0 Å². The van der Waals surface area contributed by atoms with E-state index in [9.17, 15) is 0 Å². The number of hydrogen-bond acceptors (Lipinski definition) is 3. The van der Waals surface area contributed by atoms with Gasteiger partial charge in [0.1, 0.15) is 12.1 Å². The molecule has 3 nitrogen and oxygen atoms in total. The van der Waals surface area contributed by atoms with E-state index in [0.29, 0.717) is 21.1 Å². The third-order valence-corrected chi connectivity index (χ3v) is 3.72. The molecule has 0 amide bonds. The van der Waals surface area contributed by atoms with E-state index in [0.717, 1.165) is 11.1 Å². The minimum atomic E-state index is 0.430. The van der Waals surface area contributed by atoms with Gasteiger partial charge >= 0.3 is 0 Å². The molecule has 2 aromatic carbocycles. The van der Waals surface area contributed by atoms with Crippen molar-refractivity contribution in [3.63, 3.8) is 0 Å². The Labute approximate surface area is 135 Å². The Morgan fingerprint density at radius 3 is 2.52 bits per heavy atom. The second kappa shape index (κ2) is 6.24. The highest BCUT2D eigenvalue weighted by atomic mass is 79.9. The van der Waals surface area contributed by atoms with Gasteiger partial charge in [0.2, 0.25) is 5.88 Å². The molecule has 21 heavy (non-hydrogen) atoms. The molecule has 0 radical (unpaired) electrons. The van der Waals surface area contributed by atoms with Crippen molar-refractivity contribution in [2.75, 3.05) is 0 Å². The predicted octanol–water partition coefficient (Wildman–Crippen LogP) is 5.35. The van der Waals surface area contributed by atoms with Gasteiger partial charge < -0.3 is 4.74 Å². The maximum Gasteiger partial charge on any atom is 0.236 e. The Bertz CT molecular complexity index is 765. The number of nitrogens with zero attached hydrogens (tertiary/aromatic N) is 2. The van der Waals surface area contributed by atoms with Gasteiger partial charge in [0.15, 0.2) is 0 Å². The summed E-state index contributed by atoms with van der Waals surface area (Å²) in [5.74, 6) is 0.982. The van der Waals surface area contributed by atoms with Crippen LogP contribution in [0.4, 0.5) is 0 Å². The number of hydrogen-bond donors (Lipinski definition) is 0. The molecule has 0 aliphatic carbocycles. The molecular formula is C16H10BrClN2O.